The molecule has 1 saturated heterocycles. The van der Waals surface area contributed by atoms with Crippen LogP contribution in [0, 0.1) is 0 Å². The highest BCUT2D eigenvalue weighted by Crippen LogP contribution is 2.40. The molecule has 3 heterocycles. The molecule has 4 N–H and O–H groups in total. The second-order valence-corrected chi connectivity index (χ2v) is 9.06. The van der Waals surface area contributed by atoms with Crippen LogP contribution in [0.1, 0.15) is 6.92 Å². The minimum absolute atomic E-state index is 0.105. The summed E-state index contributed by atoms with van der Waals surface area (Å²) < 4.78 is 2.61. The van der Waals surface area contributed by atoms with Crippen molar-refractivity contribution < 1.29 is 15.0 Å². The Balaban J connectivity index is 1.59. The number of fused-ring (bicyclic) bond motifs is 1. The first-order chi connectivity index (χ1) is 14.8. The number of nitrogens with zero attached hydrogens (tertiary/aromatic N) is 6. The van der Waals surface area contributed by atoms with Crippen molar-refractivity contribution in [2.24, 2.45) is 0 Å². The maximum atomic E-state index is 11.5. The number of rotatable bonds is 5. The number of aromatic nitrogens is 4. The number of aromatic hydroxyl groups is 2. The molecule has 0 saturated carbocycles. The summed E-state index contributed by atoms with van der Waals surface area (Å²) in [7, 11) is 0. The van der Waals surface area contributed by atoms with Gasteiger partial charge in [0.25, 0.3) is 0 Å². The Morgan fingerprint density at radius 3 is 2.58 bits per heavy atom. The smallest absolute Gasteiger partial charge is 0.219 e. The van der Waals surface area contributed by atoms with Crippen molar-refractivity contribution in [2.75, 3.05) is 38.5 Å². The first kappa shape index (κ1) is 21.7. The molecule has 164 valence electrons. The summed E-state index contributed by atoms with van der Waals surface area (Å²) in [6.07, 6.45) is 1.41. The van der Waals surface area contributed by atoms with Gasteiger partial charge in [0.1, 0.15) is 6.33 Å². The molecule has 0 atom stereocenters. The number of phenols is 2. The molecule has 31 heavy (non-hydrogen) atoms. The monoisotopic (exact) mass is 507 g/mol. The van der Waals surface area contributed by atoms with Gasteiger partial charge in [-0.3, -0.25) is 9.69 Å². The van der Waals surface area contributed by atoms with Gasteiger partial charge >= 0.3 is 0 Å². The van der Waals surface area contributed by atoms with Crippen LogP contribution in [0.4, 0.5) is 5.82 Å². The lowest BCUT2D eigenvalue weighted by molar-refractivity contribution is -0.130. The molecule has 2 aromatic heterocycles. The number of anilines is 1. The molecule has 0 aliphatic carbocycles. The van der Waals surface area contributed by atoms with E-state index < -0.39 is 0 Å². The zero-order valence-electron chi connectivity index (χ0n) is 16.8. The predicted molar refractivity (Wildman–Crippen MR) is 120 cm³/mol. The Hall–Kier alpha value is -2.57. The van der Waals surface area contributed by atoms with E-state index in [4.69, 9.17) is 5.73 Å². The Morgan fingerprint density at radius 1 is 1.16 bits per heavy atom. The van der Waals surface area contributed by atoms with Crippen LogP contribution in [0.15, 0.2) is 33.0 Å². The third kappa shape index (κ3) is 4.55. The number of benzene rings is 1. The molecule has 12 heteroatoms. The van der Waals surface area contributed by atoms with E-state index in [-0.39, 0.29) is 17.4 Å². The highest BCUT2D eigenvalue weighted by atomic mass is 79.9. The lowest BCUT2D eigenvalue weighted by Gasteiger charge is -2.34. The van der Waals surface area contributed by atoms with Crippen molar-refractivity contribution in [1.29, 1.82) is 0 Å². The summed E-state index contributed by atoms with van der Waals surface area (Å²) in [6.45, 7) is 6.03. The molecule has 1 fully saturated rings. The molecule has 0 bridgehead atoms. The minimum Gasteiger partial charge on any atom is -0.504 e. The maximum Gasteiger partial charge on any atom is 0.219 e. The molecule has 1 amide bonds. The third-order valence-electron chi connectivity index (χ3n) is 5.21. The van der Waals surface area contributed by atoms with Gasteiger partial charge in [0, 0.05) is 55.6 Å². The van der Waals surface area contributed by atoms with Gasteiger partial charge in [0.05, 0.1) is 0 Å². The van der Waals surface area contributed by atoms with Crippen LogP contribution in [-0.4, -0.2) is 78.2 Å². The van der Waals surface area contributed by atoms with Gasteiger partial charge in [-0.1, -0.05) is 11.8 Å². The summed E-state index contributed by atoms with van der Waals surface area (Å²) in [5.74, 6) is -0.0114. The molecule has 1 aromatic carbocycles. The molecule has 0 spiro atoms. The Kier molecular flexibility index (Phi) is 6.21. The van der Waals surface area contributed by atoms with E-state index in [1.54, 1.807) is 6.92 Å². The number of hydrogen-bond acceptors (Lipinski definition) is 9. The quantitative estimate of drug-likeness (QED) is 0.442. The van der Waals surface area contributed by atoms with Crippen molar-refractivity contribution in [1.82, 2.24) is 29.3 Å². The molecule has 3 aromatic rings. The topological polar surface area (TPSA) is 134 Å². The zero-order chi connectivity index (χ0) is 22.1. The van der Waals surface area contributed by atoms with Gasteiger partial charge in [0.15, 0.2) is 33.6 Å². The third-order valence-corrected chi connectivity index (χ3v) is 7.18. The lowest BCUT2D eigenvalue weighted by Crippen LogP contribution is -2.48. The predicted octanol–water partition coefficient (Wildman–Crippen LogP) is 1.90. The first-order valence-corrected chi connectivity index (χ1v) is 11.3. The van der Waals surface area contributed by atoms with Crippen molar-refractivity contribution in [3.8, 4) is 11.5 Å². The highest BCUT2D eigenvalue weighted by molar-refractivity contribution is 9.10. The average molecular weight is 508 g/mol. The second kappa shape index (κ2) is 8.89. The summed E-state index contributed by atoms with van der Waals surface area (Å²) >= 11 is 4.75. The van der Waals surface area contributed by atoms with Crippen LogP contribution in [-0.2, 0) is 11.3 Å². The first-order valence-electron chi connectivity index (χ1n) is 9.67. The van der Waals surface area contributed by atoms with E-state index in [1.165, 1.54) is 30.2 Å². The van der Waals surface area contributed by atoms with Gasteiger partial charge < -0.3 is 25.4 Å². The molecule has 1 aliphatic rings. The summed E-state index contributed by atoms with van der Waals surface area (Å²) in [5.41, 5.74) is 7.18. The van der Waals surface area contributed by atoms with Crippen LogP contribution < -0.4 is 5.73 Å². The number of amides is 1. The number of carbonyl (C=O) groups excluding carboxylic acids is 1. The standard InChI is InChI=1S/C19H22BrN7O3S/c1-11(28)26-5-2-25(3-6-26)4-7-27-18-16(17(21)22-10-23-18)24-19(27)31-15-9-14(30)13(29)8-12(15)20/h8-10,29-30H,2-7H2,1H3,(H2,21,22,23). The van der Waals surface area contributed by atoms with Crippen LogP contribution >= 0.6 is 27.7 Å². The molecule has 0 unspecified atom stereocenters. The van der Waals surface area contributed by atoms with Gasteiger partial charge in [-0.15, -0.1) is 0 Å². The summed E-state index contributed by atoms with van der Waals surface area (Å²) in [5, 5.41) is 20.3. The Morgan fingerprint density at radius 2 is 1.87 bits per heavy atom. The normalized spacial score (nSPS) is 15.0. The number of nitrogens with two attached hydrogens (primary N) is 1. The minimum atomic E-state index is -0.212. The molecule has 4 rings (SSSR count). The maximum absolute atomic E-state index is 11.5. The number of carbonyl (C=O) groups is 1. The number of imidazole rings is 1. The number of nitrogen functional groups attached to an aromatic ring is 1. The van der Waals surface area contributed by atoms with Gasteiger partial charge in [0.2, 0.25) is 5.91 Å². The fraction of sp³-hybridized carbons (Fsp3) is 0.368. The fourth-order valence-corrected chi connectivity index (χ4v) is 4.97. The Bertz CT molecular complexity index is 1130. The van der Waals surface area contributed by atoms with Crippen molar-refractivity contribution in [2.45, 2.75) is 23.5 Å². The number of phenolic OH excluding ortho intramolecular Hbond substituents is 2. The Labute approximate surface area is 191 Å². The van der Waals surface area contributed by atoms with Crippen LogP contribution in [0.5, 0.6) is 11.5 Å². The van der Waals surface area contributed by atoms with E-state index in [0.29, 0.717) is 38.1 Å². The van der Waals surface area contributed by atoms with Crippen molar-refractivity contribution in [3.05, 3.63) is 22.9 Å². The molecule has 1 aliphatic heterocycles. The van der Waals surface area contributed by atoms with E-state index in [2.05, 4.69) is 35.8 Å². The van der Waals surface area contributed by atoms with Crippen molar-refractivity contribution in [3.63, 3.8) is 0 Å². The van der Waals surface area contributed by atoms with E-state index in [1.807, 2.05) is 9.47 Å². The lowest BCUT2D eigenvalue weighted by atomic mass is 10.3. The largest absolute Gasteiger partial charge is 0.504 e. The van der Waals surface area contributed by atoms with Crippen molar-refractivity contribution >= 4 is 50.6 Å². The summed E-state index contributed by atoms with van der Waals surface area (Å²) in [4.78, 5) is 29.4. The van der Waals surface area contributed by atoms with Crippen LogP contribution in [0.2, 0.25) is 0 Å². The molecule has 0 radical (unpaired) electrons. The SMILES string of the molecule is CC(=O)N1CCN(CCn2c(Sc3cc(O)c(O)cc3Br)nc3c(N)ncnc32)CC1. The molecule has 10 nitrogen and oxygen atoms in total. The van der Waals surface area contributed by atoms with Crippen LogP contribution in [0.25, 0.3) is 11.2 Å². The van der Waals surface area contributed by atoms with Gasteiger partial charge in [-0.25, -0.2) is 15.0 Å². The number of hydrogen-bond donors (Lipinski definition) is 3. The number of halogens is 1. The fourth-order valence-electron chi connectivity index (χ4n) is 3.45. The molecular weight excluding hydrogens is 486 g/mol. The second-order valence-electron chi connectivity index (χ2n) is 7.20. The van der Waals surface area contributed by atoms with Gasteiger partial charge in [-0.05, 0) is 28.1 Å². The number of piperazine rings is 1. The average Bonchev–Trinajstić information content (AvgIpc) is 3.09. The molecular formula is C19H22BrN7O3S. The zero-order valence-corrected chi connectivity index (χ0v) is 19.2. The van der Waals surface area contributed by atoms with Crippen LogP contribution in [0.3, 0.4) is 0 Å². The highest BCUT2D eigenvalue weighted by Gasteiger charge is 2.21. The van der Waals surface area contributed by atoms with E-state index >= 15 is 0 Å². The van der Waals surface area contributed by atoms with E-state index in [0.717, 1.165) is 32.7 Å². The summed E-state index contributed by atoms with van der Waals surface area (Å²) in [6, 6.07) is 2.91. The van der Waals surface area contributed by atoms with E-state index in [9.17, 15) is 15.0 Å². The van der Waals surface area contributed by atoms with Gasteiger partial charge in [-0.2, -0.15) is 0 Å².